The van der Waals surface area contributed by atoms with Gasteiger partial charge in [0.1, 0.15) is 0 Å². The Morgan fingerprint density at radius 1 is 1.37 bits per heavy atom. The van der Waals surface area contributed by atoms with Gasteiger partial charge in [-0.25, -0.2) is 4.68 Å². The highest BCUT2D eigenvalue weighted by Crippen LogP contribution is 2.50. The summed E-state index contributed by atoms with van der Waals surface area (Å²) in [4.78, 5) is 0. The number of nitrogens with zero attached hydrogens (tertiary/aromatic N) is 4. The molecule has 1 aliphatic rings. The third kappa shape index (κ3) is 2.49. The van der Waals surface area contributed by atoms with Gasteiger partial charge in [-0.15, -0.1) is 5.10 Å². The number of hydrogen-bond donors (Lipinski definition) is 1. The normalized spacial score (nSPS) is 16.5. The van der Waals surface area contributed by atoms with Crippen LogP contribution in [-0.4, -0.2) is 20.2 Å². The molecule has 0 saturated heterocycles. The van der Waals surface area contributed by atoms with Crippen molar-refractivity contribution < 1.29 is 0 Å². The third-order valence-electron chi connectivity index (χ3n) is 3.90. The van der Waals surface area contributed by atoms with Crippen LogP contribution in [0.5, 0.6) is 0 Å². The third-order valence-corrected chi connectivity index (χ3v) is 4.36. The summed E-state index contributed by atoms with van der Waals surface area (Å²) in [7, 11) is 0. The number of nitrogens with two attached hydrogens (primary N) is 1. The van der Waals surface area contributed by atoms with Crippen LogP contribution in [0.2, 0.25) is 0 Å². The van der Waals surface area contributed by atoms with Gasteiger partial charge < -0.3 is 5.73 Å². The zero-order valence-corrected chi connectivity index (χ0v) is 12.4. The van der Waals surface area contributed by atoms with Crippen LogP contribution >= 0.6 is 15.9 Å². The molecule has 1 fully saturated rings. The Balaban J connectivity index is 1.95. The minimum atomic E-state index is 0.404. The van der Waals surface area contributed by atoms with Gasteiger partial charge in [0, 0.05) is 15.7 Å². The van der Waals surface area contributed by atoms with Crippen LogP contribution in [0, 0.1) is 5.41 Å². The Morgan fingerprint density at radius 3 is 2.79 bits per heavy atom. The Hall–Kier alpha value is -1.43. The number of nitrogen functional groups attached to an aromatic ring is 1. The van der Waals surface area contributed by atoms with Crippen LogP contribution < -0.4 is 5.73 Å². The molecule has 0 spiro atoms. The summed E-state index contributed by atoms with van der Waals surface area (Å²) in [5.74, 6) is 0.785. The largest absolute Gasteiger partial charge is 0.399 e. The summed E-state index contributed by atoms with van der Waals surface area (Å²) in [6, 6.07) is 5.76. The molecule has 0 aliphatic heterocycles. The molecule has 0 bridgehead atoms. The first-order valence-corrected chi connectivity index (χ1v) is 7.24. The summed E-state index contributed by atoms with van der Waals surface area (Å²) in [6.07, 6.45) is 3.71. The van der Waals surface area contributed by atoms with Crippen LogP contribution in [0.15, 0.2) is 22.7 Å². The van der Waals surface area contributed by atoms with Gasteiger partial charge in [-0.2, -0.15) is 0 Å². The Bertz CT molecular complexity index is 583. The summed E-state index contributed by atoms with van der Waals surface area (Å²) < 4.78 is 2.84. The van der Waals surface area contributed by atoms with Crippen molar-refractivity contribution in [2.45, 2.75) is 32.7 Å². The number of anilines is 1. The predicted molar refractivity (Wildman–Crippen MR) is 77.3 cm³/mol. The lowest BCUT2D eigenvalue weighted by molar-refractivity contribution is 0.382. The first-order valence-electron chi connectivity index (χ1n) is 6.44. The van der Waals surface area contributed by atoms with Gasteiger partial charge >= 0.3 is 0 Å². The maximum absolute atomic E-state index is 5.87. The molecule has 6 heteroatoms. The zero-order chi connectivity index (χ0) is 13.5. The quantitative estimate of drug-likeness (QED) is 0.879. The van der Waals surface area contributed by atoms with E-state index in [-0.39, 0.29) is 0 Å². The van der Waals surface area contributed by atoms with Crippen LogP contribution in [0.3, 0.4) is 0 Å². The van der Waals surface area contributed by atoms with Crippen LogP contribution in [0.1, 0.15) is 26.2 Å². The SMILES string of the molecule is CCC1(Cn2nnnc2-c2cc(N)cc(Br)c2)CC1. The molecule has 0 unspecified atom stereocenters. The molecule has 1 saturated carbocycles. The lowest BCUT2D eigenvalue weighted by Crippen LogP contribution is -2.13. The van der Waals surface area contributed by atoms with Crippen molar-refractivity contribution in [3.8, 4) is 11.4 Å². The Labute approximate surface area is 120 Å². The molecule has 2 N–H and O–H groups in total. The summed E-state index contributed by atoms with van der Waals surface area (Å²) >= 11 is 3.45. The van der Waals surface area contributed by atoms with E-state index in [1.807, 2.05) is 22.9 Å². The van der Waals surface area contributed by atoms with E-state index in [9.17, 15) is 0 Å². The molecule has 19 heavy (non-hydrogen) atoms. The fraction of sp³-hybridized carbons (Fsp3) is 0.462. The molecule has 1 aromatic heterocycles. The van der Waals surface area contributed by atoms with Crippen molar-refractivity contribution in [3.05, 3.63) is 22.7 Å². The van der Waals surface area contributed by atoms with E-state index in [4.69, 9.17) is 5.73 Å². The molecular formula is C13H16BrN5. The van der Waals surface area contributed by atoms with Gasteiger partial charge in [0.05, 0.1) is 6.54 Å². The molecule has 2 aromatic rings. The van der Waals surface area contributed by atoms with E-state index in [0.717, 1.165) is 22.4 Å². The molecule has 0 amide bonds. The van der Waals surface area contributed by atoms with Crippen molar-refractivity contribution in [2.24, 2.45) is 5.41 Å². The molecule has 100 valence electrons. The molecule has 1 aromatic carbocycles. The van der Waals surface area contributed by atoms with E-state index in [0.29, 0.717) is 11.1 Å². The lowest BCUT2D eigenvalue weighted by Gasteiger charge is -2.13. The summed E-state index contributed by atoms with van der Waals surface area (Å²) in [5.41, 5.74) is 7.93. The second kappa shape index (κ2) is 4.59. The number of hydrogen-bond acceptors (Lipinski definition) is 4. The van der Waals surface area contributed by atoms with E-state index < -0.39 is 0 Å². The number of tetrazole rings is 1. The Kier molecular flexibility index (Phi) is 3.05. The molecule has 5 nitrogen and oxygen atoms in total. The molecule has 1 aliphatic carbocycles. The minimum Gasteiger partial charge on any atom is -0.399 e. The first-order chi connectivity index (χ1) is 9.12. The fourth-order valence-corrected chi connectivity index (χ4v) is 2.89. The number of benzene rings is 1. The van der Waals surface area contributed by atoms with Crippen LogP contribution in [0.4, 0.5) is 5.69 Å². The number of halogens is 1. The maximum Gasteiger partial charge on any atom is 0.182 e. The van der Waals surface area contributed by atoms with Crippen LogP contribution in [-0.2, 0) is 6.54 Å². The standard InChI is InChI=1S/C13H16BrN5/c1-2-13(3-4-13)8-19-12(16-17-18-19)9-5-10(14)7-11(15)6-9/h5-7H,2-4,8,15H2,1H3. The highest BCUT2D eigenvalue weighted by atomic mass is 79.9. The molecule has 0 atom stereocenters. The van der Waals surface area contributed by atoms with Crippen molar-refractivity contribution in [1.29, 1.82) is 0 Å². The van der Waals surface area contributed by atoms with E-state index in [1.54, 1.807) is 0 Å². The number of aromatic nitrogens is 4. The van der Waals surface area contributed by atoms with Crippen molar-refractivity contribution in [1.82, 2.24) is 20.2 Å². The van der Waals surface area contributed by atoms with Crippen molar-refractivity contribution in [3.63, 3.8) is 0 Å². The molecule has 1 heterocycles. The zero-order valence-electron chi connectivity index (χ0n) is 10.8. The Morgan fingerprint density at radius 2 is 2.16 bits per heavy atom. The second-order valence-electron chi connectivity index (χ2n) is 5.29. The average molecular weight is 322 g/mol. The maximum atomic E-state index is 5.87. The molecule has 3 rings (SSSR count). The van der Waals surface area contributed by atoms with Gasteiger partial charge in [0.25, 0.3) is 0 Å². The van der Waals surface area contributed by atoms with Crippen LogP contribution in [0.25, 0.3) is 11.4 Å². The topological polar surface area (TPSA) is 69.6 Å². The van der Waals surface area contributed by atoms with Gasteiger partial charge in [-0.05, 0) is 53.3 Å². The average Bonchev–Trinajstić information content (AvgIpc) is 2.98. The highest BCUT2D eigenvalue weighted by molar-refractivity contribution is 9.10. The second-order valence-corrected chi connectivity index (χ2v) is 6.20. The summed E-state index contributed by atoms with van der Waals surface area (Å²) in [6.45, 7) is 3.12. The number of rotatable bonds is 4. The predicted octanol–water partition coefficient (Wildman–Crippen LogP) is 2.88. The van der Waals surface area contributed by atoms with Gasteiger partial charge in [0.2, 0.25) is 0 Å². The van der Waals surface area contributed by atoms with E-state index in [2.05, 4.69) is 38.4 Å². The van der Waals surface area contributed by atoms with Crippen molar-refractivity contribution in [2.75, 3.05) is 5.73 Å². The van der Waals surface area contributed by atoms with Crippen molar-refractivity contribution >= 4 is 21.6 Å². The van der Waals surface area contributed by atoms with Gasteiger partial charge in [-0.1, -0.05) is 22.9 Å². The first kappa shape index (κ1) is 12.6. The summed E-state index contributed by atoms with van der Waals surface area (Å²) in [5, 5.41) is 12.1. The lowest BCUT2D eigenvalue weighted by atomic mass is 10.0. The fourth-order valence-electron chi connectivity index (χ4n) is 2.38. The monoisotopic (exact) mass is 321 g/mol. The van der Waals surface area contributed by atoms with Gasteiger partial charge in [0.15, 0.2) is 5.82 Å². The smallest absolute Gasteiger partial charge is 0.182 e. The minimum absolute atomic E-state index is 0.404. The molecular weight excluding hydrogens is 306 g/mol. The van der Waals surface area contributed by atoms with E-state index >= 15 is 0 Å². The van der Waals surface area contributed by atoms with E-state index in [1.165, 1.54) is 19.3 Å². The highest BCUT2D eigenvalue weighted by Gasteiger charge is 2.41. The van der Waals surface area contributed by atoms with Gasteiger partial charge in [-0.3, -0.25) is 0 Å². The molecule has 0 radical (unpaired) electrons.